The summed E-state index contributed by atoms with van der Waals surface area (Å²) >= 11 is 6.13. The summed E-state index contributed by atoms with van der Waals surface area (Å²) in [6, 6.07) is 7.19. The first-order valence-corrected chi connectivity index (χ1v) is 7.54. The van der Waals surface area contributed by atoms with Crippen LogP contribution in [0.2, 0.25) is 0 Å². The van der Waals surface area contributed by atoms with Crippen LogP contribution in [-0.2, 0) is 9.59 Å². The lowest BCUT2D eigenvalue weighted by Crippen LogP contribution is -2.33. The maximum Gasteiger partial charge on any atom is 0.323 e. The Hall–Kier alpha value is -2.12. The molecule has 1 amide bonds. The number of benzene rings is 1. The number of aliphatic carboxylic acids is 1. The van der Waals surface area contributed by atoms with E-state index in [1.807, 2.05) is 12.1 Å². The van der Waals surface area contributed by atoms with Gasteiger partial charge in [0.25, 0.3) is 5.91 Å². The summed E-state index contributed by atoms with van der Waals surface area (Å²) in [6.45, 7) is 3.57. The summed E-state index contributed by atoms with van der Waals surface area (Å²) in [5.41, 5.74) is 0.807. The molecular weight excluding hydrogens is 322 g/mol. The van der Waals surface area contributed by atoms with E-state index < -0.39 is 12.5 Å². The molecule has 1 aliphatic heterocycles. The number of carbonyl (C=O) groups excluding carboxylic acids is 1. The number of amides is 1. The third-order valence-electron chi connectivity index (χ3n) is 2.71. The first-order chi connectivity index (χ1) is 10.5. The zero-order chi connectivity index (χ0) is 16.1. The van der Waals surface area contributed by atoms with Crippen LogP contribution < -0.4 is 4.74 Å². The molecule has 0 atom stereocenters. The van der Waals surface area contributed by atoms with Crippen LogP contribution in [0.5, 0.6) is 5.75 Å². The minimum Gasteiger partial charge on any atom is -0.490 e. The van der Waals surface area contributed by atoms with E-state index >= 15 is 0 Å². The van der Waals surface area contributed by atoms with Crippen molar-refractivity contribution in [3.8, 4) is 5.75 Å². The first kappa shape index (κ1) is 16.3. The highest BCUT2D eigenvalue weighted by molar-refractivity contribution is 8.26. The normalized spacial score (nSPS) is 16.2. The third-order valence-corrected chi connectivity index (χ3v) is 4.09. The number of carboxylic acids is 1. The van der Waals surface area contributed by atoms with Crippen LogP contribution in [0.3, 0.4) is 0 Å². The predicted molar refractivity (Wildman–Crippen MR) is 89.6 cm³/mol. The number of carboxylic acid groups (broad SMARTS) is 1. The predicted octanol–water partition coefficient (Wildman–Crippen LogP) is 2.54. The van der Waals surface area contributed by atoms with Gasteiger partial charge in [0.15, 0.2) is 0 Å². The van der Waals surface area contributed by atoms with Crippen molar-refractivity contribution in [1.29, 1.82) is 0 Å². The first-order valence-electron chi connectivity index (χ1n) is 6.32. The standard InChI is InChI=1S/C15H13NO4S2/c1-2-7-20-11-5-3-10(4-6-11)8-12-14(19)16(9-13(17)18)15(21)22-12/h2-6,8H,1,7,9H2,(H,17,18)/b12-8-. The third kappa shape index (κ3) is 3.96. The van der Waals surface area contributed by atoms with E-state index in [0.29, 0.717) is 17.3 Å². The Morgan fingerprint density at radius 2 is 2.09 bits per heavy atom. The van der Waals surface area contributed by atoms with Gasteiger partial charge in [0.05, 0.1) is 4.91 Å². The Kier molecular flexibility index (Phi) is 5.35. The highest BCUT2D eigenvalue weighted by Gasteiger charge is 2.33. The van der Waals surface area contributed by atoms with Gasteiger partial charge in [-0.15, -0.1) is 0 Å². The molecule has 0 spiro atoms. The number of thioether (sulfide) groups is 1. The van der Waals surface area contributed by atoms with Gasteiger partial charge in [0.2, 0.25) is 0 Å². The van der Waals surface area contributed by atoms with Gasteiger partial charge < -0.3 is 9.84 Å². The minimum atomic E-state index is -1.10. The molecule has 1 fully saturated rings. The molecule has 2 rings (SSSR count). The molecule has 1 heterocycles. The summed E-state index contributed by atoms with van der Waals surface area (Å²) in [5, 5.41) is 8.78. The van der Waals surface area contributed by atoms with E-state index in [9.17, 15) is 9.59 Å². The van der Waals surface area contributed by atoms with Crippen molar-refractivity contribution in [2.75, 3.05) is 13.2 Å². The monoisotopic (exact) mass is 335 g/mol. The maximum atomic E-state index is 12.1. The molecule has 22 heavy (non-hydrogen) atoms. The van der Waals surface area contributed by atoms with Gasteiger partial charge in [-0.2, -0.15) is 0 Å². The smallest absolute Gasteiger partial charge is 0.323 e. The summed E-state index contributed by atoms with van der Waals surface area (Å²) in [7, 11) is 0. The van der Waals surface area contributed by atoms with Gasteiger partial charge in [0.1, 0.15) is 23.2 Å². The average molecular weight is 335 g/mol. The molecule has 0 bridgehead atoms. The number of ether oxygens (including phenoxy) is 1. The maximum absolute atomic E-state index is 12.1. The summed E-state index contributed by atoms with van der Waals surface area (Å²) in [4.78, 5) is 24.3. The van der Waals surface area contributed by atoms with Crippen LogP contribution in [0.4, 0.5) is 0 Å². The van der Waals surface area contributed by atoms with Gasteiger partial charge in [-0.3, -0.25) is 14.5 Å². The molecule has 0 saturated carbocycles. The van der Waals surface area contributed by atoms with Crippen LogP contribution in [0, 0.1) is 0 Å². The van der Waals surface area contributed by atoms with Gasteiger partial charge in [-0.1, -0.05) is 48.8 Å². The van der Waals surface area contributed by atoms with Crippen molar-refractivity contribution in [3.05, 3.63) is 47.4 Å². The van der Waals surface area contributed by atoms with Gasteiger partial charge >= 0.3 is 5.97 Å². The highest BCUT2D eigenvalue weighted by atomic mass is 32.2. The van der Waals surface area contributed by atoms with E-state index in [0.717, 1.165) is 22.2 Å². The van der Waals surface area contributed by atoms with Crippen molar-refractivity contribution in [1.82, 2.24) is 4.90 Å². The van der Waals surface area contributed by atoms with Crippen molar-refractivity contribution >= 4 is 46.3 Å². The molecule has 114 valence electrons. The zero-order valence-corrected chi connectivity index (χ0v) is 13.2. The molecule has 0 aromatic heterocycles. The van der Waals surface area contributed by atoms with Crippen LogP contribution >= 0.6 is 24.0 Å². The molecule has 0 aliphatic carbocycles. The molecule has 1 aromatic rings. The molecule has 5 nitrogen and oxygen atoms in total. The van der Waals surface area contributed by atoms with E-state index in [1.54, 1.807) is 24.3 Å². The van der Waals surface area contributed by atoms with Crippen molar-refractivity contribution in [2.45, 2.75) is 0 Å². The molecule has 1 saturated heterocycles. The largest absolute Gasteiger partial charge is 0.490 e. The fraction of sp³-hybridized carbons (Fsp3) is 0.133. The molecular formula is C15H13NO4S2. The SMILES string of the molecule is C=CCOc1ccc(/C=C2\SC(=S)N(CC(=O)O)C2=O)cc1. The summed E-state index contributed by atoms with van der Waals surface area (Å²) in [6.07, 6.45) is 3.33. The number of hydrogen-bond donors (Lipinski definition) is 1. The lowest BCUT2D eigenvalue weighted by molar-refractivity contribution is -0.140. The number of thiocarbonyl (C=S) groups is 1. The Morgan fingerprint density at radius 1 is 1.41 bits per heavy atom. The second-order valence-electron chi connectivity index (χ2n) is 4.33. The van der Waals surface area contributed by atoms with Crippen molar-refractivity contribution in [3.63, 3.8) is 0 Å². The topological polar surface area (TPSA) is 66.8 Å². The number of rotatable bonds is 6. The van der Waals surface area contributed by atoms with Gasteiger partial charge in [-0.25, -0.2) is 0 Å². The van der Waals surface area contributed by atoms with Crippen molar-refractivity contribution < 1.29 is 19.4 Å². The van der Waals surface area contributed by atoms with E-state index in [1.165, 1.54) is 0 Å². The average Bonchev–Trinajstić information content (AvgIpc) is 2.74. The van der Waals surface area contributed by atoms with E-state index in [4.69, 9.17) is 22.1 Å². The number of hydrogen-bond acceptors (Lipinski definition) is 5. The second-order valence-corrected chi connectivity index (χ2v) is 6.01. The number of nitrogens with zero attached hydrogens (tertiary/aromatic N) is 1. The van der Waals surface area contributed by atoms with E-state index in [-0.39, 0.29) is 10.2 Å². The quantitative estimate of drug-likeness (QED) is 0.489. The Balaban J connectivity index is 2.12. The molecule has 0 radical (unpaired) electrons. The van der Waals surface area contributed by atoms with Crippen LogP contribution in [0.25, 0.3) is 6.08 Å². The molecule has 1 aromatic carbocycles. The lowest BCUT2D eigenvalue weighted by atomic mass is 10.2. The van der Waals surface area contributed by atoms with Crippen LogP contribution in [0.15, 0.2) is 41.8 Å². The lowest BCUT2D eigenvalue weighted by Gasteiger charge is -2.10. The second kappa shape index (κ2) is 7.24. The zero-order valence-electron chi connectivity index (χ0n) is 11.5. The summed E-state index contributed by atoms with van der Waals surface area (Å²) < 4.78 is 5.63. The Bertz CT molecular complexity index is 652. The molecule has 1 aliphatic rings. The summed E-state index contributed by atoms with van der Waals surface area (Å²) in [5.74, 6) is -0.777. The highest BCUT2D eigenvalue weighted by Crippen LogP contribution is 2.32. The number of carbonyl (C=O) groups is 2. The van der Waals surface area contributed by atoms with Gasteiger partial charge in [-0.05, 0) is 23.8 Å². The van der Waals surface area contributed by atoms with Crippen molar-refractivity contribution in [2.24, 2.45) is 0 Å². The minimum absolute atomic E-state index is 0.254. The molecule has 7 heteroatoms. The van der Waals surface area contributed by atoms with Crippen LogP contribution in [-0.4, -0.2) is 39.4 Å². The molecule has 0 unspecified atom stereocenters. The fourth-order valence-electron chi connectivity index (χ4n) is 1.74. The molecule has 1 N–H and O–H groups in total. The Morgan fingerprint density at radius 3 is 2.68 bits per heavy atom. The van der Waals surface area contributed by atoms with E-state index in [2.05, 4.69) is 6.58 Å². The fourth-order valence-corrected chi connectivity index (χ4v) is 2.99. The van der Waals surface area contributed by atoms with Crippen LogP contribution in [0.1, 0.15) is 5.56 Å². The van der Waals surface area contributed by atoms with Gasteiger partial charge in [0, 0.05) is 0 Å². The Labute approximate surface area is 137 Å².